The van der Waals surface area contributed by atoms with E-state index in [1.807, 2.05) is 0 Å². The highest BCUT2D eigenvalue weighted by molar-refractivity contribution is 5.92. The van der Waals surface area contributed by atoms with Gasteiger partial charge in [0.05, 0.1) is 29.0 Å². The van der Waals surface area contributed by atoms with E-state index in [1.165, 1.54) is 13.0 Å². The minimum atomic E-state index is -1.90. The lowest BCUT2D eigenvalue weighted by Gasteiger charge is -2.29. The van der Waals surface area contributed by atoms with Crippen molar-refractivity contribution in [2.45, 2.75) is 51.9 Å². The second kappa shape index (κ2) is 5.55. The van der Waals surface area contributed by atoms with E-state index in [0.29, 0.717) is 29.0 Å². The van der Waals surface area contributed by atoms with Crippen molar-refractivity contribution in [2.24, 2.45) is 0 Å². The molecular weight excluding hydrogens is 387 g/mol. The molecule has 1 atom stereocenters. The lowest BCUT2D eigenvalue weighted by molar-refractivity contribution is -0.169. The van der Waals surface area contributed by atoms with E-state index in [9.17, 15) is 19.1 Å². The van der Waals surface area contributed by atoms with Gasteiger partial charge in [-0.05, 0) is 55.9 Å². The number of pyridine rings is 2. The SMILES string of the molecule is Cc1c(F)cc2nc3c(c4c2c1CCC4)Cn1c-3cc2c(c1=O)COC(=O)[C@@]2(C)O. The lowest BCUT2D eigenvalue weighted by atomic mass is 9.84. The van der Waals surface area contributed by atoms with Gasteiger partial charge in [0.15, 0.2) is 5.60 Å². The van der Waals surface area contributed by atoms with Gasteiger partial charge in [0.1, 0.15) is 12.4 Å². The van der Waals surface area contributed by atoms with Crippen molar-refractivity contribution < 1.29 is 19.0 Å². The first-order chi connectivity index (χ1) is 14.3. The van der Waals surface area contributed by atoms with E-state index in [2.05, 4.69) is 0 Å². The number of aryl methyl sites for hydroxylation is 2. The van der Waals surface area contributed by atoms with E-state index >= 15 is 0 Å². The Kier molecular flexibility index (Phi) is 3.28. The molecule has 2 aliphatic heterocycles. The van der Waals surface area contributed by atoms with Crippen molar-refractivity contribution in [3.05, 3.63) is 61.7 Å². The van der Waals surface area contributed by atoms with Gasteiger partial charge in [0.2, 0.25) is 0 Å². The molecule has 6 nitrogen and oxygen atoms in total. The molecule has 3 aliphatic rings. The van der Waals surface area contributed by atoms with Crippen LogP contribution in [0.5, 0.6) is 0 Å². The smallest absolute Gasteiger partial charge is 0.342 e. The molecule has 1 N–H and O–H groups in total. The van der Waals surface area contributed by atoms with E-state index in [4.69, 9.17) is 9.72 Å². The minimum Gasteiger partial charge on any atom is -0.458 e. The van der Waals surface area contributed by atoms with E-state index in [0.717, 1.165) is 41.3 Å². The minimum absolute atomic E-state index is 0.156. The van der Waals surface area contributed by atoms with Crippen molar-refractivity contribution >= 4 is 16.9 Å². The standard InChI is InChI=1S/C23H19FN2O4/c1-10-11-4-3-5-12-13-8-26-18(20(13)25-17(19(11)12)7-16(10)24)6-15-14(21(26)27)9-30-22(28)23(15,2)29/h6-7,29H,3-5,8-9H2,1-2H3/t23-/m0/s1. The normalized spacial score (nSPS) is 21.3. The predicted octanol–water partition coefficient (Wildman–Crippen LogP) is 2.63. The molecule has 3 aromatic rings. The van der Waals surface area contributed by atoms with Crippen LogP contribution in [0.15, 0.2) is 16.9 Å². The van der Waals surface area contributed by atoms with Crippen LogP contribution < -0.4 is 5.56 Å². The molecule has 0 saturated heterocycles. The number of carbonyl (C=O) groups is 1. The maximum Gasteiger partial charge on any atom is 0.342 e. The average molecular weight is 406 g/mol. The van der Waals surface area contributed by atoms with Gasteiger partial charge in [-0.15, -0.1) is 0 Å². The molecule has 30 heavy (non-hydrogen) atoms. The summed E-state index contributed by atoms with van der Waals surface area (Å²) < 4.78 is 21.2. The van der Waals surface area contributed by atoms with Crippen LogP contribution in [-0.4, -0.2) is 20.6 Å². The van der Waals surface area contributed by atoms with Crippen molar-refractivity contribution in [2.75, 3.05) is 0 Å². The van der Waals surface area contributed by atoms with Crippen molar-refractivity contribution in [3.63, 3.8) is 0 Å². The molecule has 0 amide bonds. The van der Waals surface area contributed by atoms with Crippen molar-refractivity contribution in [3.8, 4) is 11.4 Å². The quantitative estimate of drug-likeness (QED) is 0.454. The first kappa shape index (κ1) is 17.8. The second-order valence-corrected chi connectivity index (χ2v) is 8.59. The molecule has 4 heterocycles. The average Bonchev–Trinajstić information content (AvgIpc) is 3.09. The number of nitrogens with zero attached hydrogens (tertiary/aromatic N) is 2. The van der Waals surface area contributed by atoms with Gasteiger partial charge >= 0.3 is 5.97 Å². The van der Waals surface area contributed by atoms with Gasteiger partial charge in [-0.25, -0.2) is 14.2 Å². The lowest BCUT2D eigenvalue weighted by Crippen LogP contribution is -2.42. The number of hydrogen-bond acceptors (Lipinski definition) is 5. The molecular formula is C23H19FN2O4. The Morgan fingerprint density at radius 1 is 1.17 bits per heavy atom. The molecule has 0 fully saturated rings. The number of hydrogen-bond donors (Lipinski definition) is 1. The Bertz CT molecular complexity index is 1390. The Morgan fingerprint density at radius 3 is 2.73 bits per heavy atom. The van der Waals surface area contributed by atoms with E-state index < -0.39 is 11.6 Å². The number of fused-ring (bicyclic) bond motifs is 5. The van der Waals surface area contributed by atoms with Crippen LogP contribution in [0.3, 0.4) is 0 Å². The number of esters is 1. The van der Waals surface area contributed by atoms with E-state index in [-0.39, 0.29) is 29.1 Å². The zero-order valence-electron chi connectivity index (χ0n) is 16.6. The summed E-state index contributed by atoms with van der Waals surface area (Å²) in [7, 11) is 0. The molecule has 0 spiro atoms. The monoisotopic (exact) mass is 406 g/mol. The summed E-state index contributed by atoms with van der Waals surface area (Å²) >= 11 is 0. The number of cyclic esters (lactones) is 1. The highest BCUT2D eigenvalue weighted by Crippen LogP contribution is 2.42. The summed E-state index contributed by atoms with van der Waals surface area (Å²) in [5.74, 6) is -1.05. The highest BCUT2D eigenvalue weighted by Gasteiger charge is 2.43. The third-order valence-corrected chi connectivity index (χ3v) is 6.90. The molecule has 0 bridgehead atoms. The molecule has 0 radical (unpaired) electrons. The van der Waals surface area contributed by atoms with Crippen LogP contribution in [0.25, 0.3) is 22.3 Å². The summed E-state index contributed by atoms with van der Waals surface area (Å²) in [4.78, 5) is 30.1. The fourth-order valence-corrected chi connectivity index (χ4v) is 5.27. The molecule has 6 rings (SSSR count). The number of halogens is 1. The number of aromatic nitrogens is 2. The number of carbonyl (C=O) groups excluding carboxylic acids is 1. The Balaban J connectivity index is 1.69. The first-order valence-corrected chi connectivity index (χ1v) is 10.1. The molecule has 2 aromatic heterocycles. The summed E-state index contributed by atoms with van der Waals surface area (Å²) in [6.45, 7) is 3.36. The highest BCUT2D eigenvalue weighted by atomic mass is 19.1. The van der Waals surface area contributed by atoms with Crippen molar-refractivity contribution in [1.29, 1.82) is 0 Å². The molecule has 1 aromatic carbocycles. The van der Waals surface area contributed by atoms with Crippen LogP contribution in [0.4, 0.5) is 4.39 Å². The Labute approximate surface area is 170 Å². The second-order valence-electron chi connectivity index (χ2n) is 8.59. The molecule has 0 unspecified atom stereocenters. The number of rotatable bonds is 0. The van der Waals surface area contributed by atoms with Gasteiger partial charge in [0, 0.05) is 22.6 Å². The third kappa shape index (κ3) is 2.03. The Morgan fingerprint density at radius 2 is 1.93 bits per heavy atom. The van der Waals surface area contributed by atoms with Crippen molar-refractivity contribution in [1.82, 2.24) is 9.55 Å². The summed E-state index contributed by atoms with van der Waals surface area (Å²) in [6.07, 6.45) is 2.58. The van der Waals surface area contributed by atoms with Gasteiger partial charge < -0.3 is 14.4 Å². The predicted molar refractivity (Wildman–Crippen MR) is 107 cm³/mol. The summed E-state index contributed by atoms with van der Waals surface area (Å²) in [5.41, 5.74) is 3.90. The maximum absolute atomic E-state index is 14.6. The van der Waals surface area contributed by atoms with Gasteiger partial charge in [-0.3, -0.25) is 4.79 Å². The first-order valence-electron chi connectivity index (χ1n) is 10.1. The molecule has 7 heteroatoms. The third-order valence-electron chi connectivity index (χ3n) is 6.90. The topological polar surface area (TPSA) is 81.4 Å². The maximum atomic E-state index is 14.6. The molecule has 152 valence electrons. The van der Waals surface area contributed by atoms with Gasteiger partial charge in [-0.2, -0.15) is 0 Å². The van der Waals surface area contributed by atoms with Crippen LogP contribution >= 0.6 is 0 Å². The van der Waals surface area contributed by atoms with Gasteiger partial charge in [-0.1, -0.05) is 0 Å². The van der Waals surface area contributed by atoms with Gasteiger partial charge in [0.25, 0.3) is 5.56 Å². The summed E-state index contributed by atoms with van der Waals surface area (Å²) in [5, 5.41) is 11.7. The summed E-state index contributed by atoms with van der Waals surface area (Å²) in [6, 6.07) is 3.14. The fraction of sp³-hybridized carbons (Fsp3) is 0.348. The zero-order chi connectivity index (χ0) is 20.9. The van der Waals surface area contributed by atoms with Crippen LogP contribution in [0.2, 0.25) is 0 Å². The zero-order valence-corrected chi connectivity index (χ0v) is 16.6. The number of aliphatic hydroxyl groups is 1. The fourth-order valence-electron chi connectivity index (χ4n) is 5.27. The largest absolute Gasteiger partial charge is 0.458 e. The van der Waals surface area contributed by atoms with Crippen LogP contribution in [0, 0.1) is 12.7 Å². The van der Waals surface area contributed by atoms with E-state index in [1.54, 1.807) is 17.6 Å². The number of benzene rings is 1. The molecule has 1 aliphatic carbocycles. The Hall–Kier alpha value is -3.06. The molecule has 0 saturated carbocycles. The van der Waals surface area contributed by atoms with Crippen LogP contribution in [0.1, 0.15) is 46.7 Å². The number of ether oxygens (including phenoxy) is 1. The van der Waals surface area contributed by atoms with Crippen LogP contribution in [-0.2, 0) is 41.1 Å².